The van der Waals surface area contributed by atoms with Gasteiger partial charge in [0.2, 0.25) is 0 Å². The molecule has 0 unspecified atom stereocenters. The molecule has 1 aromatic carbocycles. The fourth-order valence-electron chi connectivity index (χ4n) is 2.66. The third-order valence-electron chi connectivity index (χ3n) is 3.77. The number of nitrogens with zero attached hydrogens (tertiary/aromatic N) is 1. The summed E-state index contributed by atoms with van der Waals surface area (Å²) < 4.78 is 45.0. The summed E-state index contributed by atoms with van der Waals surface area (Å²) in [6, 6.07) is 0.611. The summed E-state index contributed by atoms with van der Waals surface area (Å²) in [5.74, 6) is -0.00780. The van der Waals surface area contributed by atoms with Gasteiger partial charge in [-0.3, -0.25) is 4.90 Å². The number of piperazine rings is 1. The van der Waals surface area contributed by atoms with Crippen molar-refractivity contribution in [3.63, 3.8) is 0 Å². The summed E-state index contributed by atoms with van der Waals surface area (Å²) in [5, 5.41) is 13.1. The molecule has 11 heteroatoms. The lowest BCUT2D eigenvalue weighted by atomic mass is 10.00. The SMILES string of the molecule is COc1cc([C@H](CC(F)(F)F)N2CCNCC2)c(Br)c(Br)c1O.Cl.Cl. The number of rotatable bonds is 4. The van der Waals surface area contributed by atoms with Gasteiger partial charge in [-0.25, -0.2) is 0 Å². The third-order valence-corrected chi connectivity index (χ3v) is 5.93. The highest BCUT2D eigenvalue weighted by atomic mass is 79.9. The standard InChI is InChI=1S/C14H17Br2F3N2O2.2ClH/c1-23-10-6-8(11(15)12(16)13(10)22)9(7-14(17,18)19)21-4-2-20-3-5-21;;/h6,9,20,22H,2-5,7H2,1H3;2*1H/t9-;;/m0../s1. The van der Waals surface area contributed by atoms with Crippen LogP contribution in [-0.4, -0.2) is 49.5 Å². The lowest BCUT2D eigenvalue weighted by Gasteiger charge is -2.36. The van der Waals surface area contributed by atoms with Crippen LogP contribution < -0.4 is 10.1 Å². The van der Waals surface area contributed by atoms with Crippen molar-refractivity contribution in [3.8, 4) is 11.5 Å². The van der Waals surface area contributed by atoms with Crippen molar-refractivity contribution in [1.29, 1.82) is 0 Å². The first-order valence-electron chi connectivity index (χ1n) is 7.01. The van der Waals surface area contributed by atoms with E-state index in [9.17, 15) is 18.3 Å². The topological polar surface area (TPSA) is 44.7 Å². The highest BCUT2D eigenvalue weighted by Crippen LogP contribution is 2.46. The minimum atomic E-state index is -4.30. The lowest BCUT2D eigenvalue weighted by Crippen LogP contribution is -2.46. The maximum atomic E-state index is 13.1. The van der Waals surface area contributed by atoms with Gasteiger partial charge in [-0.15, -0.1) is 24.8 Å². The van der Waals surface area contributed by atoms with Gasteiger partial charge in [-0.05, 0) is 43.5 Å². The van der Waals surface area contributed by atoms with E-state index in [2.05, 4.69) is 37.2 Å². The zero-order chi connectivity index (χ0) is 17.2. The van der Waals surface area contributed by atoms with Gasteiger partial charge in [0.05, 0.1) is 18.0 Å². The molecule has 4 nitrogen and oxygen atoms in total. The van der Waals surface area contributed by atoms with Crippen LogP contribution in [0.5, 0.6) is 11.5 Å². The van der Waals surface area contributed by atoms with Crippen LogP contribution in [0.25, 0.3) is 0 Å². The Bertz CT molecular complexity index is 574. The molecule has 0 bridgehead atoms. The van der Waals surface area contributed by atoms with Gasteiger partial charge >= 0.3 is 6.18 Å². The van der Waals surface area contributed by atoms with E-state index in [1.807, 2.05) is 0 Å². The van der Waals surface area contributed by atoms with Crippen LogP contribution >= 0.6 is 56.7 Å². The molecule has 0 radical (unpaired) electrons. The molecule has 1 saturated heterocycles. The van der Waals surface area contributed by atoms with Crippen molar-refractivity contribution in [3.05, 3.63) is 20.6 Å². The Kier molecular flexibility index (Phi) is 10.4. The Morgan fingerprint density at radius 1 is 1.24 bits per heavy atom. The van der Waals surface area contributed by atoms with Crippen LogP contribution in [0.3, 0.4) is 0 Å². The van der Waals surface area contributed by atoms with E-state index in [4.69, 9.17) is 4.74 Å². The van der Waals surface area contributed by atoms with Gasteiger partial charge in [-0.1, -0.05) is 0 Å². The lowest BCUT2D eigenvalue weighted by molar-refractivity contribution is -0.148. The van der Waals surface area contributed by atoms with Gasteiger partial charge in [0.15, 0.2) is 11.5 Å². The minimum absolute atomic E-state index is 0. The maximum Gasteiger partial charge on any atom is 0.390 e. The van der Waals surface area contributed by atoms with Gasteiger partial charge < -0.3 is 15.2 Å². The predicted molar refractivity (Wildman–Crippen MR) is 102 cm³/mol. The van der Waals surface area contributed by atoms with Gasteiger partial charge in [0.1, 0.15) is 0 Å². The van der Waals surface area contributed by atoms with Crippen molar-refractivity contribution in [2.24, 2.45) is 0 Å². The number of aromatic hydroxyl groups is 1. The highest BCUT2D eigenvalue weighted by molar-refractivity contribution is 9.13. The molecule has 1 aliphatic rings. The average molecular weight is 535 g/mol. The fourth-order valence-corrected chi connectivity index (χ4v) is 3.65. The highest BCUT2D eigenvalue weighted by Gasteiger charge is 2.37. The zero-order valence-electron chi connectivity index (χ0n) is 13.2. The number of methoxy groups -OCH3 is 1. The summed E-state index contributed by atoms with van der Waals surface area (Å²) in [6.45, 7) is 2.33. The number of hydrogen-bond acceptors (Lipinski definition) is 4. The molecular weight excluding hydrogens is 516 g/mol. The maximum absolute atomic E-state index is 13.1. The number of phenolic OH excluding ortho intramolecular Hbond substituents is 1. The fraction of sp³-hybridized carbons (Fsp3) is 0.571. The van der Waals surface area contributed by atoms with Crippen LogP contribution in [0, 0.1) is 0 Å². The number of nitrogens with one attached hydrogen (secondary N) is 1. The number of ether oxygens (including phenoxy) is 1. The number of benzene rings is 1. The zero-order valence-corrected chi connectivity index (χ0v) is 18.0. The summed E-state index contributed by atoms with van der Waals surface area (Å²) in [4.78, 5) is 1.80. The Morgan fingerprint density at radius 2 is 1.80 bits per heavy atom. The third kappa shape index (κ3) is 6.32. The molecule has 2 rings (SSSR count). The van der Waals surface area contributed by atoms with Crippen molar-refractivity contribution >= 4 is 56.7 Å². The summed E-state index contributed by atoms with van der Waals surface area (Å²) in [7, 11) is 1.36. The first kappa shape index (κ1) is 25.1. The molecule has 1 heterocycles. The van der Waals surface area contributed by atoms with Crippen LogP contribution in [0.2, 0.25) is 0 Å². The normalized spacial score (nSPS) is 16.6. The number of phenols is 1. The molecule has 0 aliphatic carbocycles. The first-order chi connectivity index (χ1) is 10.7. The van der Waals surface area contributed by atoms with Crippen molar-refractivity contribution in [2.45, 2.75) is 18.6 Å². The smallest absolute Gasteiger partial charge is 0.390 e. The molecule has 0 saturated carbocycles. The molecule has 1 atom stereocenters. The van der Waals surface area contributed by atoms with Crippen LogP contribution in [0.4, 0.5) is 13.2 Å². The van der Waals surface area contributed by atoms with E-state index in [-0.39, 0.29) is 40.8 Å². The van der Waals surface area contributed by atoms with Crippen molar-refractivity contribution in [2.75, 3.05) is 33.3 Å². The average Bonchev–Trinajstić information content (AvgIpc) is 2.51. The molecular formula is C14H19Br2Cl2F3N2O2. The van der Waals surface area contributed by atoms with Crippen molar-refractivity contribution < 1.29 is 23.0 Å². The monoisotopic (exact) mass is 532 g/mol. The van der Waals surface area contributed by atoms with Gasteiger partial charge in [-0.2, -0.15) is 13.2 Å². The van der Waals surface area contributed by atoms with E-state index < -0.39 is 18.6 Å². The number of alkyl halides is 3. The Morgan fingerprint density at radius 3 is 2.28 bits per heavy atom. The van der Waals surface area contributed by atoms with Crippen LogP contribution in [0.15, 0.2) is 15.0 Å². The molecule has 0 aromatic heterocycles. The number of halogens is 7. The largest absolute Gasteiger partial charge is 0.503 e. The van der Waals surface area contributed by atoms with Gasteiger partial charge in [0, 0.05) is 36.7 Å². The van der Waals surface area contributed by atoms with E-state index in [0.29, 0.717) is 36.2 Å². The summed E-state index contributed by atoms with van der Waals surface area (Å²) in [5.41, 5.74) is 0.436. The van der Waals surface area contributed by atoms with E-state index >= 15 is 0 Å². The predicted octanol–water partition coefficient (Wildman–Crippen LogP) is 4.67. The van der Waals surface area contributed by atoms with Crippen LogP contribution in [0.1, 0.15) is 18.0 Å². The quantitative estimate of drug-likeness (QED) is 0.589. The Hall–Kier alpha value is 0.0700. The van der Waals surface area contributed by atoms with Crippen LogP contribution in [-0.2, 0) is 0 Å². The molecule has 146 valence electrons. The van der Waals surface area contributed by atoms with Gasteiger partial charge in [0.25, 0.3) is 0 Å². The minimum Gasteiger partial charge on any atom is -0.503 e. The second-order valence-corrected chi connectivity index (χ2v) is 6.85. The number of hydrogen-bond donors (Lipinski definition) is 2. The van der Waals surface area contributed by atoms with E-state index in [1.165, 1.54) is 13.2 Å². The Balaban J connectivity index is 0.00000288. The molecule has 1 aromatic rings. The molecule has 0 spiro atoms. The second kappa shape index (κ2) is 10.4. The first-order valence-corrected chi connectivity index (χ1v) is 8.59. The molecule has 0 amide bonds. The molecule has 2 N–H and O–H groups in total. The van der Waals surface area contributed by atoms with Crippen molar-refractivity contribution in [1.82, 2.24) is 10.2 Å². The van der Waals surface area contributed by atoms with E-state index in [0.717, 1.165) is 0 Å². The molecule has 25 heavy (non-hydrogen) atoms. The van der Waals surface area contributed by atoms with E-state index in [1.54, 1.807) is 4.90 Å². The Labute approximate surface area is 173 Å². The molecule has 1 fully saturated rings. The molecule has 1 aliphatic heterocycles. The second-order valence-electron chi connectivity index (χ2n) is 5.27. The summed E-state index contributed by atoms with van der Waals surface area (Å²) >= 11 is 6.50. The summed E-state index contributed by atoms with van der Waals surface area (Å²) in [6.07, 6.45) is -5.27.